The Morgan fingerprint density at radius 3 is 2.65 bits per heavy atom. The Kier molecular flexibility index (Phi) is 3.50. The molecule has 1 saturated carbocycles. The smallest absolute Gasteiger partial charge is 0.309 e. The summed E-state index contributed by atoms with van der Waals surface area (Å²) >= 11 is 9.42. The third-order valence-corrected chi connectivity index (χ3v) is 5.14. The van der Waals surface area contributed by atoms with E-state index in [1.807, 2.05) is 6.07 Å². The summed E-state index contributed by atoms with van der Waals surface area (Å²) in [5.41, 5.74) is 0.795. The van der Waals surface area contributed by atoms with E-state index in [2.05, 4.69) is 15.9 Å². The first-order valence-electron chi connectivity index (χ1n) is 6.48. The van der Waals surface area contributed by atoms with Crippen molar-refractivity contribution < 1.29 is 14.7 Å². The molecule has 1 saturated heterocycles. The number of halogens is 2. The van der Waals surface area contributed by atoms with Gasteiger partial charge in [-0.3, -0.25) is 9.59 Å². The van der Waals surface area contributed by atoms with Crippen LogP contribution in [0.3, 0.4) is 0 Å². The zero-order chi connectivity index (χ0) is 14.4. The Hall–Kier alpha value is -1.07. The maximum absolute atomic E-state index is 12.1. The molecular formula is C14H13BrClNO3. The molecule has 1 aromatic rings. The van der Waals surface area contributed by atoms with Gasteiger partial charge in [0.05, 0.1) is 17.0 Å². The standard InChI is InChI=1S/C14H13BrClNO3/c15-10-4-1-7(5-11(10)16)13-9(14(19)20)6-12(18)17(13)8-2-3-8/h1,4-5,8-9,13H,2-3,6H2,(H,19,20). The average molecular weight is 359 g/mol. The van der Waals surface area contributed by atoms with Gasteiger partial charge in [-0.05, 0) is 46.5 Å². The van der Waals surface area contributed by atoms with Gasteiger partial charge in [0.2, 0.25) is 5.91 Å². The van der Waals surface area contributed by atoms with Gasteiger partial charge in [-0.2, -0.15) is 0 Å². The summed E-state index contributed by atoms with van der Waals surface area (Å²) in [6.45, 7) is 0. The summed E-state index contributed by atoms with van der Waals surface area (Å²) < 4.78 is 0.761. The van der Waals surface area contributed by atoms with Crippen molar-refractivity contribution in [1.82, 2.24) is 4.90 Å². The molecule has 106 valence electrons. The highest BCUT2D eigenvalue weighted by molar-refractivity contribution is 9.10. The first kappa shape index (κ1) is 13.9. The van der Waals surface area contributed by atoms with Crippen LogP contribution in [0.2, 0.25) is 5.02 Å². The van der Waals surface area contributed by atoms with E-state index in [1.54, 1.807) is 17.0 Å². The van der Waals surface area contributed by atoms with Gasteiger partial charge in [0.25, 0.3) is 0 Å². The van der Waals surface area contributed by atoms with E-state index in [9.17, 15) is 14.7 Å². The third kappa shape index (κ3) is 2.33. The lowest BCUT2D eigenvalue weighted by Crippen LogP contribution is -2.32. The van der Waals surface area contributed by atoms with Crippen molar-refractivity contribution in [1.29, 1.82) is 0 Å². The average Bonchev–Trinajstić information content (AvgIpc) is 3.16. The lowest BCUT2D eigenvalue weighted by Gasteiger charge is -2.27. The van der Waals surface area contributed by atoms with Gasteiger partial charge in [-0.1, -0.05) is 17.7 Å². The van der Waals surface area contributed by atoms with Gasteiger partial charge >= 0.3 is 5.97 Å². The van der Waals surface area contributed by atoms with Crippen molar-refractivity contribution in [2.24, 2.45) is 5.92 Å². The SMILES string of the molecule is O=C(O)C1CC(=O)N(C2CC2)C1c1ccc(Br)c(Cl)c1. The highest BCUT2D eigenvalue weighted by Crippen LogP contribution is 2.45. The molecule has 2 atom stereocenters. The van der Waals surface area contributed by atoms with Gasteiger partial charge in [-0.15, -0.1) is 0 Å². The number of hydrogen-bond donors (Lipinski definition) is 1. The van der Waals surface area contributed by atoms with Crippen LogP contribution in [0.5, 0.6) is 0 Å². The van der Waals surface area contributed by atoms with Crippen molar-refractivity contribution in [2.45, 2.75) is 31.3 Å². The highest BCUT2D eigenvalue weighted by Gasteiger charge is 2.49. The summed E-state index contributed by atoms with van der Waals surface area (Å²) in [6.07, 6.45) is 1.99. The maximum Gasteiger partial charge on any atom is 0.309 e. The van der Waals surface area contributed by atoms with Crippen LogP contribution in [0, 0.1) is 5.92 Å². The van der Waals surface area contributed by atoms with E-state index in [0.29, 0.717) is 5.02 Å². The topological polar surface area (TPSA) is 57.6 Å². The van der Waals surface area contributed by atoms with Crippen molar-refractivity contribution in [3.05, 3.63) is 33.3 Å². The van der Waals surface area contributed by atoms with Crippen LogP contribution in [-0.2, 0) is 9.59 Å². The van der Waals surface area contributed by atoms with Crippen molar-refractivity contribution >= 4 is 39.4 Å². The van der Waals surface area contributed by atoms with Crippen LogP contribution < -0.4 is 0 Å². The van der Waals surface area contributed by atoms with Crippen molar-refractivity contribution in [2.75, 3.05) is 0 Å². The van der Waals surface area contributed by atoms with E-state index in [4.69, 9.17) is 11.6 Å². The van der Waals surface area contributed by atoms with E-state index in [1.165, 1.54) is 0 Å². The molecule has 1 N–H and O–H groups in total. The molecule has 1 aliphatic heterocycles. The molecule has 1 heterocycles. The molecule has 0 spiro atoms. The van der Waals surface area contributed by atoms with Crippen LogP contribution in [0.1, 0.15) is 30.9 Å². The fraction of sp³-hybridized carbons (Fsp3) is 0.429. The molecule has 1 aliphatic carbocycles. The first-order chi connectivity index (χ1) is 9.49. The predicted molar refractivity (Wildman–Crippen MR) is 77.5 cm³/mol. The van der Waals surface area contributed by atoms with Gasteiger partial charge in [-0.25, -0.2) is 0 Å². The minimum absolute atomic E-state index is 0.0658. The Balaban J connectivity index is 2.02. The Morgan fingerprint density at radius 1 is 1.40 bits per heavy atom. The molecule has 0 radical (unpaired) electrons. The maximum atomic E-state index is 12.1. The Labute approximate surface area is 129 Å². The number of hydrogen-bond acceptors (Lipinski definition) is 2. The van der Waals surface area contributed by atoms with Crippen molar-refractivity contribution in [3.63, 3.8) is 0 Å². The highest BCUT2D eigenvalue weighted by atomic mass is 79.9. The molecule has 1 aromatic carbocycles. The molecule has 20 heavy (non-hydrogen) atoms. The van der Waals surface area contributed by atoms with Crippen LogP contribution in [-0.4, -0.2) is 27.9 Å². The molecule has 0 aromatic heterocycles. The number of nitrogens with zero attached hydrogens (tertiary/aromatic N) is 1. The summed E-state index contributed by atoms with van der Waals surface area (Å²) in [7, 11) is 0. The van der Waals surface area contributed by atoms with E-state index in [-0.39, 0.29) is 18.4 Å². The quantitative estimate of drug-likeness (QED) is 0.902. The van der Waals surface area contributed by atoms with Gasteiger partial charge in [0.15, 0.2) is 0 Å². The fourth-order valence-electron chi connectivity index (χ4n) is 2.85. The number of aliphatic carboxylic acids is 1. The number of carboxylic acid groups (broad SMARTS) is 1. The summed E-state index contributed by atoms with van der Waals surface area (Å²) in [5.74, 6) is -1.69. The molecule has 6 heteroatoms. The Bertz CT molecular complexity index is 588. The second-order valence-corrected chi connectivity index (χ2v) is 6.56. The third-order valence-electron chi connectivity index (χ3n) is 3.91. The Morgan fingerprint density at radius 2 is 2.10 bits per heavy atom. The zero-order valence-electron chi connectivity index (χ0n) is 10.6. The van der Waals surface area contributed by atoms with Crippen LogP contribution >= 0.6 is 27.5 Å². The minimum atomic E-state index is -0.925. The predicted octanol–water partition coefficient (Wildman–Crippen LogP) is 3.24. The van der Waals surface area contributed by atoms with E-state index in [0.717, 1.165) is 22.9 Å². The number of rotatable bonds is 3. The molecule has 2 fully saturated rings. The van der Waals surface area contributed by atoms with Gasteiger partial charge < -0.3 is 10.0 Å². The second-order valence-electron chi connectivity index (χ2n) is 5.30. The number of likely N-dealkylation sites (tertiary alicyclic amines) is 1. The number of carboxylic acids is 1. The fourth-order valence-corrected chi connectivity index (χ4v) is 3.28. The molecule has 1 amide bonds. The lowest BCUT2D eigenvalue weighted by molar-refractivity contribution is -0.142. The molecule has 3 rings (SSSR count). The zero-order valence-corrected chi connectivity index (χ0v) is 12.9. The second kappa shape index (κ2) is 5.04. The van der Waals surface area contributed by atoms with E-state index < -0.39 is 17.9 Å². The number of amides is 1. The van der Waals surface area contributed by atoms with Crippen molar-refractivity contribution in [3.8, 4) is 0 Å². The largest absolute Gasteiger partial charge is 0.481 e. The van der Waals surface area contributed by atoms with Crippen LogP contribution in [0.4, 0.5) is 0 Å². The summed E-state index contributed by atoms with van der Waals surface area (Å²) in [4.78, 5) is 25.3. The number of carbonyl (C=O) groups excluding carboxylic acids is 1. The summed E-state index contributed by atoms with van der Waals surface area (Å²) in [6, 6.07) is 5.17. The van der Waals surface area contributed by atoms with Gasteiger partial charge in [0.1, 0.15) is 0 Å². The molecule has 2 aliphatic rings. The monoisotopic (exact) mass is 357 g/mol. The minimum Gasteiger partial charge on any atom is -0.481 e. The summed E-state index contributed by atoms with van der Waals surface area (Å²) in [5, 5.41) is 9.91. The molecule has 0 bridgehead atoms. The number of benzene rings is 1. The molecule has 4 nitrogen and oxygen atoms in total. The van der Waals surface area contributed by atoms with Crippen LogP contribution in [0.15, 0.2) is 22.7 Å². The first-order valence-corrected chi connectivity index (χ1v) is 7.65. The number of carbonyl (C=O) groups is 2. The van der Waals surface area contributed by atoms with Gasteiger partial charge in [0, 0.05) is 16.9 Å². The lowest BCUT2D eigenvalue weighted by atomic mass is 9.93. The van der Waals surface area contributed by atoms with Crippen LogP contribution in [0.25, 0.3) is 0 Å². The normalized spacial score (nSPS) is 26.1. The van der Waals surface area contributed by atoms with E-state index >= 15 is 0 Å². The molecular weight excluding hydrogens is 346 g/mol. The molecule has 2 unspecified atom stereocenters.